The SMILES string of the molecule is Cc1cc(C(=O)C(C)Oc2ccccc2[N+](=O)[O-])c(C)n1-c1ccc(OC(F)F)cc1. The van der Waals surface area contributed by atoms with Crippen LogP contribution in [0.3, 0.4) is 0 Å². The second kappa shape index (κ2) is 8.95. The number of ketones is 1. The number of hydrogen-bond acceptors (Lipinski definition) is 5. The largest absolute Gasteiger partial charge is 0.475 e. The van der Waals surface area contributed by atoms with Crippen LogP contribution in [0.2, 0.25) is 0 Å². The van der Waals surface area contributed by atoms with Gasteiger partial charge in [0.15, 0.2) is 11.9 Å². The molecule has 1 unspecified atom stereocenters. The van der Waals surface area contributed by atoms with Gasteiger partial charge in [0, 0.05) is 28.7 Å². The Balaban J connectivity index is 1.86. The number of halogens is 2. The van der Waals surface area contributed by atoms with E-state index >= 15 is 0 Å². The van der Waals surface area contributed by atoms with E-state index < -0.39 is 17.6 Å². The lowest BCUT2D eigenvalue weighted by Gasteiger charge is -2.14. The first-order valence-electron chi connectivity index (χ1n) is 9.37. The number of ether oxygens (including phenoxy) is 2. The molecule has 7 nitrogen and oxygen atoms in total. The first kappa shape index (κ1) is 21.9. The molecule has 0 aliphatic heterocycles. The maximum absolute atomic E-state index is 13.0. The molecule has 31 heavy (non-hydrogen) atoms. The Morgan fingerprint density at radius 1 is 1.06 bits per heavy atom. The first-order chi connectivity index (χ1) is 14.7. The van der Waals surface area contributed by atoms with E-state index in [-0.39, 0.29) is 23.0 Å². The second-order valence-electron chi connectivity index (χ2n) is 6.84. The molecule has 3 aromatic rings. The summed E-state index contributed by atoms with van der Waals surface area (Å²) in [6, 6.07) is 13.6. The van der Waals surface area contributed by atoms with E-state index in [1.165, 1.54) is 37.3 Å². The Hall–Kier alpha value is -3.75. The summed E-state index contributed by atoms with van der Waals surface area (Å²) in [5, 5.41) is 11.2. The van der Waals surface area contributed by atoms with Crippen molar-refractivity contribution >= 4 is 11.5 Å². The lowest BCUT2D eigenvalue weighted by Crippen LogP contribution is -2.24. The lowest BCUT2D eigenvalue weighted by atomic mass is 10.1. The van der Waals surface area contributed by atoms with Crippen LogP contribution in [-0.4, -0.2) is 28.0 Å². The fourth-order valence-corrected chi connectivity index (χ4v) is 3.36. The van der Waals surface area contributed by atoms with Gasteiger partial charge in [-0.15, -0.1) is 0 Å². The third kappa shape index (κ3) is 4.71. The molecule has 1 aromatic heterocycles. The molecular weight excluding hydrogens is 410 g/mol. The Bertz CT molecular complexity index is 1110. The zero-order chi connectivity index (χ0) is 22.7. The number of nitro benzene ring substituents is 1. The molecule has 0 aliphatic rings. The summed E-state index contributed by atoms with van der Waals surface area (Å²) >= 11 is 0. The summed E-state index contributed by atoms with van der Waals surface area (Å²) in [6.45, 7) is 2.18. The van der Waals surface area contributed by atoms with Gasteiger partial charge in [0.2, 0.25) is 5.78 Å². The van der Waals surface area contributed by atoms with Gasteiger partial charge in [0.05, 0.1) is 4.92 Å². The Kier molecular flexibility index (Phi) is 6.33. The number of nitro groups is 1. The van der Waals surface area contributed by atoms with Gasteiger partial charge >= 0.3 is 12.3 Å². The minimum atomic E-state index is -2.91. The summed E-state index contributed by atoms with van der Waals surface area (Å²) in [7, 11) is 0. The minimum Gasteiger partial charge on any atom is -0.475 e. The minimum absolute atomic E-state index is 0.0109. The van der Waals surface area contributed by atoms with E-state index in [0.29, 0.717) is 16.9 Å². The van der Waals surface area contributed by atoms with Crippen LogP contribution in [-0.2, 0) is 0 Å². The Morgan fingerprint density at radius 2 is 1.71 bits per heavy atom. The number of alkyl halides is 2. The molecule has 3 rings (SSSR count). The zero-order valence-corrected chi connectivity index (χ0v) is 17.0. The zero-order valence-electron chi connectivity index (χ0n) is 17.0. The summed E-state index contributed by atoms with van der Waals surface area (Å²) in [6.07, 6.45) is -0.961. The van der Waals surface area contributed by atoms with E-state index in [4.69, 9.17) is 4.74 Å². The van der Waals surface area contributed by atoms with Crippen LogP contribution in [0.5, 0.6) is 11.5 Å². The van der Waals surface area contributed by atoms with Crippen LogP contribution in [0.1, 0.15) is 28.7 Å². The molecule has 0 saturated carbocycles. The van der Waals surface area contributed by atoms with Gasteiger partial charge in [0.25, 0.3) is 0 Å². The van der Waals surface area contributed by atoms with Crippen LogP contribution >= 0.6 is 0 Å². The van der Waals surface area contributed by atoms with E-state index in [2.05, 4.69) is 4.74 Å². The van der Waals surface area contributed by atoms with Gasteiger partial charge in [-0.05, 0) is 57.2 Å². The van der Waals surface area contributed by atoms with E-state index in [9.17, 15) is 23.7 Å². The first-order valence-corrected chi connectivity index (χ1v) is 9.37. The molecule has 0 spiro atoms. The van der Waals surface area contributed by atoms with Crippen molar-refractivity contribution in [3.63, 3.8) is 0 Å². The number of nitrogens with zero attached hydrogens (tertiary/aromatic N) is 2. The number of rotatable bonds is 8. The molecule has 0 bridgehead atoms. The average molecular weight is 430 g/mol. The summed E-state index contributed by atoms with van der Waals surface area (Å²) < 4.78 is 36.5. The molecule has 0 saturated heterocycles. The number of aryl methyl sites for hydroxylation is 1. The fraction of sp³-hybridized carbons (Fsp3) is 0.227. The second-order valence-corrected chi connectivity index (χ2v) is 6.84. The van der Waals surface area contributed by atoms with Gasteiger partial charge < -0.3 is 14.0 Å². The van der Waals surface area contributed by atoms with Gasteiger partial charge in [0.1, 0.15) is 5.75 Å². The predicted molar refractivity (Wildman–Crippen MR) is 109 cm³/mol. The normalized spacial score (nSPS) is 11.9. The Labute approximate surface area is 177 Å². The molecule has 0 radical (unpaired) electrons. The van der Waals surface area contributed by atoms with Crippen LogP contribution in [0.25, 0.3) is 5.69 Å². The lowest BCUT2D eigenvalue weighted by molar-refractivity contribution is -0.386. The standard InChI is InChI=1S/C22H20F2N2O5/c1-13-12-18(14(2)25(13)16-8-10-17(11-9-16)31-22(23)24)21(27)15(3)30-20-7-5-4-6-19(20)26(28)29/h4-12,15,22H,1-3H3. The maximum Gasteiger partial charge on any atom is 0.387 e. The summed E-state index contributed by atoms with van der Waals surface area (Å²) in [4.78, 5) is 23.6. The molecule has 1 atom stereocenters. The van der Waals surface area contributed by atoms with Crippen molar-refractivity contribution in [3.8, 4) is 17.2 Å². The highest BCUT2D eigenvalue weighted by Gasteiger charge is 2.25. The third-order valence-electron chi connectivity index (χ3n) is 4.75. The molecule has 0 N–H and O–H groups in total. The van der Waals surface area contributed by atoms with Gasteiger partial charge in [-0.2, -0.15) is 8.78 Å². The van der Waals surface area contributed by atoms with E-state index in [1.807, 2.05) is 0 Å². The van der Waals surface area contributed by atoms with E-state index in [1.54, 1.807) is 42.7 Å². The molecule has 0 amide bonds. The quantitative estimate of drug-likeness (QED) is 0.277. The summed E-state index contributed by atoms with van der Waals surface area (Å²) in [5.74, 6) is -0.295. The number of carbonyl (C=O) groups is 1. The molecule has 9 heteroatoms. The van der Waals surface area contributed by atoms with Gasteiger partial charge in [-0.1, -0.05) is 12.1 Å². The number of hydrogen-bond donors (Lipinski definition) is 0. The monoisotopic (exact) mass is 430 g/mol. The highest BCUT2D eigenvalue weighted by atomic mass is 19.3. The molecular formula is C22H20F2N2O5. The molecule has 0 fully saturated rings. The smallest absolute Gasteiger partial charge is 0.387 e. The maximum atomic E-state index is 13.0. The van der Waals surface area contributed by atoms with Crippen molar-refractivity contribution in [2.45, 2.75) is 33.5 Å². The number of carbonyl (C=O) groups excluding carboxylic acids is 1. The molecule has 162 valence electrons. The van der Waals surface area contributed by atoms with Gasteiger partial charge in [-0.25, -0.2) is 0 Å². The molecule has 2 aromatic carbocycles. The van der Waals surface area contributed by atoms with Crippen LogP contribution in [0.15, 0.2) is 54.6 Å². The third-order valence-corrected chi connectivity index (χ3v) is 4.75. The number of benzene rings is 2. The van der Waals surface area contributed by atoms with Crippen molar-refractivity contribution < 1.29 is 28.0 Å². The van der Waals surface area contributed by atoms with E-state index in [0.717, 1.165) is 5.69 Å². The van der Waals surface area contributed by atoms with Crippen LogP contribution in [0, 0.1) is 24.0 Å². The van der Waals surface area contributed by atoms with Crippen molar-refractivity contribution in [3.05, 3.63) is 81.7 Å². The topological polar surface area (TPSA) is 83.6 Å². The molecule has 0 aliphatic carbocycles. The van der Waals surface area contributed by atoms with Crippen LogP contribution in [0.4, 0.5) is 14.5 Å². The van der Waals surface area contributed by atoms with Crippen molar-refractivity contribution in [2.24, 2.45) is 0 Å². The molecule has 1 heterocycles. The van der Waals surface area contributed by atoms with Crippen molar-refractivity contribution in [2.75, 3.05) is 0 Å². The number of para-hydroxylation sites is 2. The van der Waals surface area contributed by atoms with Gasteiger partial charge in [-0.3, -0.25) is 14.9 Å². The predicted octanol–water partition coefficient (Wildman–Crippen LogP) is 5.25. The average Bonchev–Trinajstić information content (AvgIpc) is 3.02. The number of Topliss-reactive ketones (excluding diaryl/α,β-unsaturated/α-hetero) is 1. The number of aromatic nitrogens is 1. The highest BCUT2D eigenvalue weighted by molar-refractivity contribution is 6.01. The highest BCUT2D eigenvalue weighted by Crippen LogP contribution is 2.29. The summed E-state index contributed by atoms with van der Waals surface area (Å²) in [5.41, 5.74) is 2.22. The van der Waals surface area contributed by atoms with Crippen molar-refractivity contribution in [1.29, 1.82) is 0 Å². The Morgan fingerprint density at radius 3 is 2.32 bits per heavy atom. The van der Waals surface area contributed by atoms with Crippen molar-refractivity contribution in [1.82, 2.24) is 4.57 Å². The van der Waals surface area contributed by atoms with Crippen LogP contribution < -0.4 is 9.47 Å². The fourth-order valence-electron chi connectivity index (χ4n) is 3.36.